The van der Waals surface area contributed by atoms with E-state index in [2.05, 4.69) is 17.5 Å². The number of nitrogens with one attached hydrogen (secondary N) is 1. The first kappa shape index (κ1) is 18.5. The maximum atomic E-state index is 12.0. The largest absolute Gasteiger partial charge is 0.493 e. The van der Waals surface area contributed by atoms with E-state index in [9.17, 15) is 4.79 Å². The van der Waals surface area contributed by atoms with E-state index >= 15 is 0 Å². The van der Waals surface area contributed by atoms with Gasteiger partial charge in [-0.2, -0.15) is 5.10 Å². The van der Waals surface area contributed by atoms with Crippen molar-refractivity contribution in [3.8, 4) is 11.5 Å². The van der Waals surface area contributed by atoms with Gasteiger partial charge in [-0.15, -0.1) is 0 Å². The number of amides is 1. The minimum atomic E-state index is -0.247. The molecule has 1 N–H and O–H groups in total. The molecule has 0 aliphatic rings. The van der Waals surface area contributed by atoms with Gasteiger partial charge in [0, 0.05) is 5.56 Å². The third kappa shape index (κ3) is 5.64. The third-order valence-electron chi connectivity index (χ3n) is 3.64. The predicted molar refractivity (Wildman–Crippen MR) is 99.6 cm³/mol. The molecule has 0 aliphatic carbocycles. The van der Waals surface area contributed by atoms with Crippen molar-refractivity contribution >= 4 is 12.1 Å². The number of benzene rings is 2. The molecule has 2 rings (SSSR count). The second kappa shape index (κ2) is 9.47. The molecule has 0 spiro atoms. The van der Waals surface area contributed by atoms with Crippen molar-refractivity contribution in [3.05, 3.63) is 59.2 Å². The summed E-state index contributed by atoms with van der Waals surface area (Å²) in [5.41, 5.74) is 5.00. The molecule has 0 unspecified atom stereocenters. The minimum absolute atomic E-state index is 0.247. The quantitative estimate of drug-likeness (QED) is 0.450. The molecule has 5 nitrogen and oxygen atoms in total. The summed E-state index contributed by atoms with van der Waals surface area (Å²) in [7, 11) is 1.60. The molecular formula is C20H24N2O3. The van der Waals surface area contributed by atoms with Crippen molar-refractivity contribution in [2.45, 2.75) is 26.7 Å². The van der Waals surface area contributed by atoms with E-state index in [0.29, 0.717) is 23.7 Å². The Bertz CT molecular complexity index is 724. The van der Waals surface area contributed by atoms with E-state index in [0.717, 1.165) is 24.0 Å². The van der Waals surface area contributed by atoms with E-state index < -0.39 is 0 Å². The van der Waals surface area contributed by atoms with E-state index in [-0.39, 0.29) is 5.91 Å². The molecule has 0 radical (unpaired) electrons. The van der Waals surface area contributed by atoms with Gasteiger partial charge in [-0.25, -0.2) is 5.43 Å². The molecule has 0 fully saturated rings. The highest BCUT2D eigenvalue weighted by Gasteiger charge is 2.06. The van der Waals surface area contributed by atoms with Gasteiger partial charge in [0.15, 0.2) is 11.5 Å². The Hall–Kier alpha value is -2.82. The van der Waals surface area contributed by atoms with Gasteiger partial charge in [0.2, 0.25) is 0 Å². The van der Waals surface area contributed by atoms with Crippen LogP contribution in [0.4, 0.5) is 0 Å². The average molecular weight is 340 g/mol. The van der Waals surface area contributed by atoms with Gasteiger partial charge in [-0.1, -0.05) is 31.0 Å². The van der Waals surface area contributed by atoms with Gasteiger partial charge in [-0.05, 0) is 49.2 Å². The van der Waals surface area contributed by atoms with E-state index in [4.69, 9.17) is 9.47 Å². The first-order chi connectivity index (χ1) is 12.1. The van der Waals surface area contributed by atoms with Crippen LogP contribution in [-0.4, -0.2) is 25.8 Å². The highest BCUT2D eigenvalue weighted by molar-refractivity contribution is 5.94. The lowest BCUT2D eigenvalue weighted by Gasteiger charge is -2.10. The minimum Gasteiger partial charge on any atom is -0.493 e. The Morgan fingerprint density at radius 1 is 1.16 bits per heavy atom. The van der Waals surface area contributed by atoms with Gasteiger partial charge in [0.1, 0.15) is 0 Å². The van der Waals surface area contributed by atoms with Crippen LogP contribution in [0.25, 0.3) is 0 Å². The summed E-state index contributed by atoms with van der Waals surface area (Å²) in [5, 5.41) is 4.00. The van der Waals surface area contributed by atoms with E-state index in [1.165, 1.54) is 0 Å². The lowest BCUT2D eigenvalue weighted by atomic mass is 10.1. The highest BCUT2D eigenvalue weighted by Crippen LogP contribution is 2.27. The molecule has 0 saturated heterocycles. The second-order valence-corrected chi connectivity index (χ2v) is 5.68. The van der Waals surface area contributed by atoms with Crippen molar-refractivity contribution in [1.82, 2.24) is 5.43 Å². The van der Waals surface area contributed by atoms with Crippen molar-refractivity contribution < 1.29 is 14.3 Å². The molecule has 0 atom stereocenters. The van der Waals surface area contributed by atoms with Gasteiger partial charge in [0.25, 0.3) is 5.91 Å². The zero-order valence-electron chi connectivity index (χ0n) is 14.9. The summed E-state index contributed by atoms with van der Waals surface area (Å²) >= 11 is 0. The normalized spacial score (nSPS) is 10.7. The molecule has 132 valence electrons. The molecule has 1 amide bonds. The number of unbranched alkanes of at least 4 members (excludes halogenated alkanes) is 1. The van der Waals surface area contributed by atoms with Crippen LogP contribution in [0.2, 0.25) is 0 Å². The van der Waals surface area contributed by atoms with Crippen LogP contribution in [0.5, 0.6) is 11.5 Å². The number of hydrazone groups is 1. The van der Waals surface area contributed by atoms with Crippen LogP contribution >= 0.6 is 0 Å². The lowest BCUT2D eigenvalue weighted by Crippen LogP contribution is -2.17. The Morgan fingerprint density at radius 3 is 2.60 bits per heavy atom. The van der Waals surface area contributed by atoms with Crippen LogP contribution in [0.15, 0.2) is 47.6 Å². The smallest absolute Gasteiger partial charge is 0.271 e. The van der Waals surface area contributed by atoms with Crippen LogP contribution in [0.1, 0.15) is 41.3 Å². The standard InChI is InChI=1S/C20H24N2O3/c1-4-5-12-25-18-11-8-16(13-19(18)24-3)14-21-22-20(23)17-9-6-15(2)7-10-17/h6-11,13-14H,4-5,12H2,1-3H3,(H,22,23). The summed E-state index contributed by atoms with van der Waals surface area (Å²) in [4.78, 5) is 12.0. The number of nitrogens with zero attached hydrogens (tertiary/aromatic N) is 1. The van der Waals surface area contributed by atoms with Gasteiger partial charge >= 0.3 is 0 Å². The molecule has 25 heavy (non-hydrogen) atoms. The number of aryl methyl sites for hydroxylation is 1. The molecular weight excluding hydrogens is 316 g/mol. The fourth-order valence-electron chi connectivity index (χ4n) is 2.15. The number of hydrogen-bond acceptors (Lipinski definition) is 4. The maximum absolute atomic E-state index is 12.0. The Morgan fingerprint density at radius 2 is 1.92 bits per heavy atom. The van der Waals surface area contributed by atoms with E-state index in [1.807, 2.05) is 37.3 Å². The lowest BCUT2D eigenvalue weighted by molar-refractivity contribution is 0.0955. The first-order valence-corrected chi connectivity index (χ1v) is 8.35. The van der Waals surface area contributed by atoms with Crippen molar-refractivity contribution in [2.75, 3.05) is 13.7 Å². The summed E-state index contributed by atoms with van der Waals surface area (Å²) < 4.78 is 11.0. The second-order valence-electron chi connectivity index (χ2n) is 5.68. The third-order valence-corrected chi connectivity index (χ3v) is 3.64. The van der Waals surface area contributed by atoms with Crippen molar-refractivity contribution in [3.63, 3.8) is 0 Å². The maximum Gasteiger partial charge on any atom is 0.271 e. The van der Waals surface area contributed by atoms with Crippen LogP contribution in [-0.2, 0) is 0 Å². The topological polar surface area (TPSA) is 59.9 Å². The molecule has 0 heterocycles. The number of methoxy groups -OCH3 is 1. The molecule has 0 saturated carbocycles. The number of rotatable bonds is 8. The SMILES string of the molecule is CCCCOc1ccc(C=NNC(=O)c2ccc(C)cc2)cc1OC. The number of carbonyl (C=O) groups excluding carboxylic acids is 1. The zero-order chi connectivity index (χ0) is 18.1. The monoisotopic (exact) mass is 340 g/mol. The molecule has 0 aliphatic heterocycles. The zero-order valence-corrected chi connectivity index (χ0v) is 14.9. The summed E-state index contributed by atoms with van der Waals surface area (Å²) in [6.45, 7) is 4.75. The van der Waals surface area contributed by atoms with Crippen LogP contribution in [0.3, 0.4) is 0 Å². The summed E-state index contributed by atoms with van der Waals surface area (Å²) in [6, 6.07) is 12.9. The van der Waals surface area contributed by atoms with Crippen LogP contribution in [0, 0.1) is 6.92 Å². The fourth-order valence-corrected chi connectivity index (χ4v) is 2.15. The first-order valence-electron chi connectivity index (χ1n) is 8.35. The van der Waals surface area contributed by atoms with Crippen molar-refractivity contribution in [2.24, 2.45) is 5.10 Å². The molecule has 2 aromatic carbocycles. The van der Waals surface area contributed by atoms with Gasteiger partial charge in [0.05, 0.1) is 19.9 Å². The number of ether oxygens (including phenoxy) is 2. The fraction of sp³-hybridized carbons (Fsp3) is 0.300. The van der Waals surface area contributed by atoms with Gasteiger partial charge < -0.3 is 9.47 Å². The Labute approximate surface area is 148 Å². The highest BCUT2D eigenvalue weighted by atomic mass is 16.5. The van der Waals surface area contributed by atoms with Crippen molar-refractivity contribution in [1.29, 1.82) is 0 Å². The number of carbonyl (C=O) groups is 1. The Balaban J connectivity index is 1.98. The molecule has 0 aromatic heterocycles. The molecule has 0 bridgehead atoms. The Kier molecular flexibility index (Phi) is 7.01. The van der Waals surface area contributed by atoms with Gasteiger partial charge in [-0.3, -0.25) is 4.79 Å². The summed E-state index contributed by atoms with van der Waals surface area (Å²) in [6.07, 6.45) is 3.65. The van der Waals surface area contributed by atoms with Crippen LogP contribution < -0.4 is 14.9 Å². The van der Waals surface area contributed by atoms with E-state index in [1.54, 1.807) is 25.5 Å². The summed E-state index contributed by atoms with van der Waals surface area (Å²) in [5.74, 6) is 1.10. The predicted octanol–water partition coefficient (Wildman–Crippen LogP) is 3.95. The molecule has 5 heteroatoms. The number of hydrogen-bond donors (Lipinski definition) is 1. The average Bonchev–Trinajstić information content (AvgIpc) is 2.63. The molecule has 2 aromatic rings.